The zero-order valence-corrected chi connectivity index (χ0v) is 16.6. The topological polar surface area (TPSA) is 67.8 Å². The fraction of sp³-hybridized carbons (Fsp3) is 0.400. The van der Waals surface area contributed by atoms with Gasteiger partial charge in [0, 0.05) is 38.0 Å². The summed E-state index contributed by atoms with van der Waals surface area (Å²) in [6.07, 6.45) is -2.93. The first kappa shape index (κ1) is 22.3. The van der Waals surface area contributed by atoms with E-state index in [0.29, 0.717) is 25.7 Å². The molecule has 29 heavy (non-hydrogen) atoms. The zero-order chi connectivity index (χ0) is 21.3. The minimum absolute atomic E-state index is 0.0728. The van der Waals surface area contributed by atoms with E-state index in [2.05, 4.69) is 25.3 Å². The van der Waals surface area contributed by atoms with Crippen LogP contribution in [0.5, 0.6) is 11.6 Å². The van der Waals surface area contributed by atoms with Crippen molar-refractivity contribution in [1.82, 2.24) is 15.6 Å². The molecule has 0 unspecified atom stereocenters. The summed E-state index contributed by atoms with van der Waals surface area (Å²) in [5.74, 6) is 1.33. The molecule has 0 spiro atoms. The molecule has 1 aromatic carbocycles. The molecule has 1 heterocycles. The number of hydrogen-bond donors (Lipinski definition) is 2. The number of guanidine groups is 1. The van der Waals surface area contributed by atoms with E-state index in [1.54, 1.807) is 13.1 Å². The maximum Gasteiger partial charge on any atom is 0.422 e. The minimum Gasteiger partial charge on any atom is -0.494 e. The monoisotopic (exact) mass is 410 g/mol. The van der Waals surface area contributed by atoms with Crippen LogP contribution in [0, 0.1) is 6.92 Å². The lowest BCUT2D eigenvalue weighted by Gasteiger charge is -2.15. The Labute approximate surface area is 168 Å². The first-order chi connectivity index (χ1) is 13.8. The summed E-state index contributed by atoms with van der Waals surface area (Å²) in [5.41, 5.74) is 2.90. The fourth-order valence-electron chi connectivity index (χ4n) is 2.44. The molecule has 0 saturated carbocycles. The number of nitrogens with one attached hydrogen (secondary N) is 2. The summed E-state index contributed by atoms with van der Waals surface area (Å²) in [7, 11) is 1.65. The van der Waals surface area contributed by atoms with Crippen molar-refractivity contribution >= 4 is 5.96 Å². The van der Waals surface area contributed by atoms with Crippen molar-refractivity contribution < 1.29 is 22.6 Å². The largest absolute Gasteiger partial charge is 0.494 e. The van der Waals surface area contributed by atoms with Crippen molar-refractivity contribution in [3.05, 3.63) is 53.2 Å². The van der Waals surface area contributed by atoms with Gasteiger partial charge in [-0.15, -0.1) is 0 Å². The van der Waals surface area contributed by atoms with E-state index in [0.717, 1.165) is 22.4 Å². The van der Waals surface area contributed by atoms with Crippen molar-refractivity contribution in [1.29, 1.82) is 0 Å². The molecular weight excluding hydrogens is 385 g/mol. The third kappa shape index (κ3) is 7.89. The van der Waals surface area contributed by atoms with Gasteiger partial charge in [0.25, 0.3) is 0 Å². The number of halogens is 3. The Hall–Kier alpha value is -2.97. The zero-order valence-electron chi connectivity index (χ0n) is 16.6. The average molecular weight is 410 g/mol. The lowest BCUT2D eigenvalue weighted by Crippen LogP contribution is -2.36. The number of ether oxygens (including phenoxy) is 2. The number of aliphatic imine (C=N–C) groups is 1. The molecule has 0 amide bonds. The van der Waals surface area contributed by atoms with Crippen LogP contribution in [0.15, 0.2) is 41.5 Å². The first-order valence-electron chi connectivity index (χ1n) is 9.12. The first-order valence-corrected chi connectivity index (χ1v) is 9.12. The number of rotatable bonds is 8. The van der Waals surface area contributed by atoms with Gasteiger partial charge in [0.2, 0.25) is 5.88 Å². The molecule has 0 aliphatic heterocycles. The van der Waals surface area contributed by atoms with Crippen molar-refractivity contribution in [2.24, 2.45) is 4.99 Å². The van der Waals surface area contributed by atoms with Crippen LogP contribution in [0.2, 0.25) is 0 Å². The molecule has 0 radical (unpaired) electrons. The predicted octanol–water partition coefficient (Wildman–Crippen LogP) is 3.60. The van der Waals surface area contributed by atoms with E-state index < -0.39 is 12.8 Å². The smallest absolute Gasteiger partial charge is 0.422 e. The standard InChI is InChI=1S/C20H25F3N4O2/c1-4-28-17-9-14(2)5-7-16(17)12-27-19(24-3)26-11-15-6-8-18(25-10-15)29-13-20(21,22)23/h5-10H,4,11-13H2,1-3H3,(H2,24,26,27). The number of nitrogens with zero attached hydrogens (tertiary/aromatic N) is 2. The lowest BCUT2D eigenvalue weighted by molar-refractivity contribution is -0.154. The molecule has 6 nitrogen and oxygen atoms in total. The third-order valence-electron chi connectivity index (χ3n) is 3.83. The highest BCUT2D eigenvalue weighted by Gasteiger charge is 2.28. The Kier molecular flexibility index (Phi) is 8.11. The van der Waals surface area contributed by atoms with Gasteiger partial charge in [0.15, 0.2) is 12.6 Å². The number of aromatic nitrogens is 1. The van der Waals surface area contributed by atoms with Crippen molar-refractivity contribution in [2.45, 2.75) is 33.1 Å². The van der Waals surface area contributed by atoms with Crippen LogP contribution in [-0.2, 0) is 13.1 Å². The van der Waals surface area contributed by atoms with Gasteiger partial charge in [-0.05, 0) is 31.0 Å². The molecule has 9 heteroatoms. The number of alkyl halides is 3. The normalized spacial score (nSPS) is 11.9. The predicted molar refractivity (Wildman–Crippen MR) is 105 cm³/mol. The van der Waals surface area contributed by atoms with Gasteiger partial charge in [-0.3, -0.25) is 4.99 Å². The van der Waals surface area contributed by atoms with Crippen molar-refractivity contribution in [2.75, 3.05) is 20.3 Å². The Bertz CT molecular complexity index is 808. The van der Waals surface area contributed by atoms with Gasteiger partial charge in [-0.1, -0.05) is 18.2 Å². The van der Waals surface area contributed by atoms with Crippen LogP contribution in [0.4, 0.5) is 13.2 Å². The van der Waals surface area contributed by atoms with Crippen LogP contribution >= 0.6 is 0 Å². The molecule has 158 valence electrons. The van der Waals surface area contributed by atoms with E-state index in [9.17, 15) is 13.2 Å². The van der Waals surface area contributed by atoms with Gasteiger partial charge in [-0.2, -0.15) is 13.2 Å². The summed E-state index contributed by atoms with van der Waals surface area (Å²) in [6.45, 7) is 4.09. The molecule has 0 bridgehead atoms. The van der Waals surface area contributed by atoms with Gasteiger partial charge >= 0.3 is 6.18 Å². The fourth-order valence-corrected chi connectivity index (χ4v) is 2.44. The molecule has 2 aromatic rings. The highest BCUT2D eigenvalue weighted by molar-refractivity contribution is 5.79. The van der Waals surface area contributed by atoms with E-state index in [4.69, 9.17) is 4.74 Å². The lowest BCUT2D eigenvalue weighted by atomic mass is 10.1. The molecular formula is C20H25F3N4O2. The summed E-state index contributed by atoms with van der Waals surface area (Å²) >= 11 is 0. The number of aryl methyl sites for hydroxylation is 1. The van der Waals surface area contributed by atoms with E-state index in [-0.39, 0.29) is 5.88 Å². The van der Waals surface area contributed by atoms with Crippen LogP contribution in [0.1, 0.15) is 23.6 Å². The van der Waals surface area contributed by atoms with Gasteiger partial charge < -0.3 is 20.1 Å². The van der Waals surface area contributed by atoms with Crippen LogP contribution in [-0.4, -0.2) is 37.4 Å². The Morgan fingerprint density at radius 3 is 2.48 bits per heavy atom. The molecule has 0 aliphatic rings. The second kappa shape index (κ2) is 10.5. The Balaban J connectivity index is 1.86. The molecule has 0 fully saturated rings. The van der Waals surface area contributed by atoms with Crippen LogP contribution < -0.4 is 20.1 Å². The SMILES string of the molecule is CCOc1cc(C)ccc1CNC(=NC)NCc1ccc(OCC(F)(F)F)nc1. The number of benzene rings is 1. The maximum atomic E-state index is 12.2. The van der Waals surface area contributed by atoms with Gasteiger partial charge in [0.1, 0.15) is 5.75 Å². The molecule has 2 rings (SSSR count). The van der Waals surface area contributed by atoms with Crippen molar-refractivity contribution in [3.8, 4) is 11.6 Å². The highest BCUT2D eigenvalue weighted by atomic mass is 19.4. The van der Waals surface area contributed by atoms with Gasteiger partial charge in [-0.25, -0.2) is 4.98 Å². The van der Waals surface area contributed by atoms with E-state index in [1.807, 2.05) is 32.0 Å². The molecule has 0 aliphatic carbocycles. The number of pyridine rings is 1. The summed E-state index contributed by atoms with van der Waals surface area (Å²) < 4.78 is 46.8. The molecule has 2 N–H and O–H groups in total. The summed E-state index contributed by atoms with van der Waals surface area (Å²) in [4.78, 5) is 8.05. The second-order valence-electron chi connectivity index (χ2n) is 6.23. The third-order valence-corrected chi connectivity index (χ3v) is 3.83. The molecule has 1 aromatic heterocycles. The minimum atomic E-state index is -4.39. The molecule has 0 saturated heterocycles. The second-order valence-corrected chi connectivity index (χ2v) is 6.23. The van der Waals surface area contributed by atoms with Gasteiger partial charge in [0.05, 0.1) is 6.61 Å². The average Bonchev–Trinajstić information content (AvgIpc) is 2.68. The highest BCUT2D eigenvalue weighted by Crippen LogP contribution is 2.20. The maximum absolute atomic E-state index is 12.2. The van der Waals surface area contributed by atoms with E-state index in [1.165, 1.54) is 12.3 Å². The summed E-state index contributed by atoms with van der Waals surface area (Å²) in [6, 6.07) is 9.06. The van der Waals surface area contributed by atoms with Crippen LogP contribution in [0.25, 0.3) is 0 Å². The number of hydrogen-bond acceptors (Lipinski definition) is 4. The Morgan fingerprint density at radius 1 is 1.10 bits per heavy atom. The quantitative estimate of drug-likeness (QED) is 0.514. The summed E-state index contributed by atoms with van der Waals surface area (Å²) in [5, 5.41) is 6.34. The van der Waals surface area contributed by atoms with Crippen LogP contribution in [0.3, 0.4) is 0 Å². The van der Waals surface area contributed by atoms with Crippen molar-refractivity contribution in [3.63, 3.8) is 0 Å². The Morgan fingerprint density at radius 2 is 1.86 bits per heavy atom. The molecule has 0 atom stereocenters. The van der Waals surface area contributed by atoms with E-state index >= 15 is 0 Å².